The largest absolute Gasteiger partial charge is 0.748 e. The second-order valence-corrected chi connectivity index (χ2v) is 6.15. The molecular formula is C11H17NO3S. The zero-order valence-corrected chi connectivity index (χ0v) is 10.5. The highest BCUT2D eigenvalue weighted by molar-refractivity contribution is 7.85. The molecule has 0 bridgehead atoms. The van der Waals surface area contributed by atoms with E-state index in [1.54, 1.807) is 0 Å². The molecule has 16 heavy (non-hydrogen) atoms. The van der Waals surface area contributed by atoms with E-state index in [4.69, 9.17) is 0 Å². The van der Waals surface area contributed by atoms with Crippen LogP contribution in [0.1, 0.15) is 6.42 Å². The molecule has 0 aromatic heterocycles. The predicted molar refractivity (Wildman–Crippen MR) is 61.8 cm³/mol. The van der Waals surface area contributed by atoms with Crippen molar-refractivity contribution in [2.24, 2.45) is 0 Å². The minimum Gasteiger partial charge on any atom is -0.748 e. The summed E-state index contributed by atoms with van der Waals surface area (Å²) in [4.78, 5) is 0. The summed E-state index contributed by atoms with van der Waals surface area (Å²) in [6, 6.07) is 0. The van der Waals surface area contributed by atoms with Crippen molar-refractivity contribution in [1.82, 2.24) is 0 Å². The standard InChI is InChI=1S/C11H17NO3S/c1-12(2,8-5-9-16(13,14)15)10-11-6-3-4-7-11/h3-4,6H,5,8-10H2,1-2H3. The molecule has 4 nitrogen and oxygen atoms in total. The first kappa shape index (κ1) is 13.2. The Bertz CT molecular complexity index is 440. The summed E-state index contributed by atoms with van der Waals surface area (Å²) < 4.78 is 32.1. The second-order valence-electron chi connectivity index (χ2n) is 4.63. The Hall–Kier alpha value is -0.870. The first-order valence-corrected chi connectivity index (χ1v) is 6.74. The minimum absolute atomic E-state index is 0.278. The predicted octanol–water partition coefficient (Wildman–Crippen LogP) is 0.649. The number of hydrogen-bond donors (Lipinski definition) is 0. The Balaban J connectivity index is 2.40. The van der Waals surface area contributed by atoms with Crippen molar-refractivity contribution in [3.63, 3.8) is 0 Å². The second kappa shape index (κ2) is 4.97. The third-order valence-electron chi connectivity index (χ3n) is 2.42. The first-order valence-electron chi connectivity index (χ1n) is 5.16. The van der Waals surface area contributed by atoms with Crippen molar-refractivity contribution in [2.75, 3.05) is 32.9 Å². The van der Waals surface area contributed by atoms with Gasteiger partial charge in [-0.3, -0.25) is 0 Å². The average molecular weight is 243 g/mol. The number of nitrogens with zero attached hydrogens (tertiary/aromatic N) is 1. The van der Waals surface area contributed by atoms with Gasteiger partial charge in [-0.15, -0.1) is 5.73 Å². The molecule has 0 N–H and O–H groups in total. The number of rotatable bonds is 6. The van der Waals surface area contributed by atoms with Gasteiger partial charge in [0.1, 0.15) is 6.54 Å². The summed E-state index contributed by atoms with van der Waals surface area (Å²) in [6.07, 6.45) is 6.18. The van der Waals surface area contributed by atoms with Crippen molar-refractivity contribution >= 4 is 10.1 Å². The molecule has 90 valence electrons. The number of allylic oxidation sites excluding steroid dienone is 1. The average Bonchev–Trinajstić information content (AvgIpc) is 2.52. The Morgan fingerprint density at radius 1 is 1.44 bits per heavy atom. The van der Waals surface area contributed by atoms with E-state index in [-0.39, 0.29) is 5.75 Å². The maximum atomic E-state index is 10.5. The molecule has 0 atom stereocenters. The summed E-state index contributed by atoms with van der Waals surface area (Å²) in [6.45, 7) is 1.46. The first-order chi connectivity index (χ1) is 7.29. The molecule has 0 spiro atoms. The lowest BCUT2D eigenvalue weighted by atomic mass is 10.2. The molecule has 1 aliphatic rings. The van der Waals surface area contributed by atoms with Gasteiger partial charge in [-0.2, -0.15) is 0 Å². The van der Waals surface area contributed by atoms with Gasteiger partial charge >= 0.3 is 0 Å². The highest BCUT2D eigenvalue weighted by atomic mass is 32.2. The molecule has 0 saturated carbocycles. The van der Waals surface area contributed by atoms with E-state index >= 15 is 0 Å². The van der Waals surface area contributed by atoms with Crippen LogP contribution in [-0.4, -0.2) is 50.4 Å². The van der Waals surface area contributed by atoms with Crippen LogP contribution in [0.25, 0.3) is 0 Å². The Morgan fingerprint density at radius 3 is 2.62 bits per heavy atom. The molecule has 0 aromatic rings. The molecule has 1 rings (SSSR count). The molecule has 0 unspecified atom stereocenters. The van der Waals surface area contributed by atoms with Crippen LogP contribution in [-0.2, 0) is 10.1 Å². The van der Waals surface area contributed by atoms with E-state index < -0.39 is 10.1 Å². The van der Waals surface area contributed by atoms with Crippen LogP contribution in [0.15, 0.2) is 29.5 Å². The van der Waals surface area contributed by atoms with E-state index in [9.17, 15) is 13.0 Å². The molecule has 0 aliphatic heterocycles. The van der Waals surface area contributed by atoms with Gasteiger partial charge in [0.15, 0.2) is 0 Å². The third-order valence-corrected chi connectivity index (χ3v) is 3.21. The van der Waals surface area contributed by atoms with Crippen molar-refractivity contribution in [3.05, 3.63) is 29.5 Å². The van der Waals surface area contributed by atoms with Crippen molar-refractivity contribution in [3.8, 4) is 0 Å². The molecule has 0 heterocycles. The van der Waals surface area contributed by atoms with E-state index in [2.05, 4.69) is 5.73 Å². The smallest absolute Gasteiger partial charge is 0.111 e. The maximum Gasteiger partial charge on any atom is 0.111 e. The van der Waals surface area contributed by atoms with Gasteiger partial charge in [0, 0.05) is 17.7 Å². The van der Waals surface area contributed by atoms with Crippen LogP contribution in [0.4, 0.5) is 0 Å². The lowest BCUT2D eigenvalue weighted by Gasteiger charge is -2.29. The van der Waals surface area contributed by atoms with Gasteiger partial charge in [-0.1, -0.05) is 6.08 Å². The maximum absolute atomic E-state index is 10.5. The van der Waals surface area contributed by atoms with Crippen molar-refractivity contribution < 1.29 is 17.5 Å². The Morgan fingerprint density at radius 2 is 2.12 bits per heavy atom. The van der Waals surface area contributed by atoms with E-state index in [0.29, 0.717) is 17.4 Å². The Labute approximate surface area is 96.9 Å². The van der Waals surface area contributed by atoms with Crippen LogP contribution in [0.5, 0.6) is 0 Å². The third kappa shape index (κ3) is 5.28. The van der Waals surface area contributed by atoms with Gasteiger partial charge in [-0.25, -0.2) is 8.42 Å². The van der Waals surface area contributed by atoms with Crippen LogP contribution in [0.3, 0.4) is 0 Å². The van der Waals surface area contributed by atoms with Gasteiger partial charge in [0.25, 0.3) is 0 Å². The Kier molecular flexibility index (Phi) is 4.10. The molecule has 0 saturated heterocycles. The van der Waals surface area contributed by atoms with Crippen molar-refractivity contribution in [2.45, 2.75) is 6.42 Å². The fourth-order valence-corrected chi connectivity index (χ4v) is 2.16. The zero-order chi connectivity index (χ0) is 12.2. The molecule has 0 radical (unpaired) electrons. The summed E-state index contributed by atoms with van der Waals surface area (Å²) in [5, 5.41) is 0. The normalized spacial score (nSPS) is 15.6. The van der Waals surface area contributed by atoms with Crippen LogP contribution in [0, 0.1) is 0 Å². The van der Waals surface area contributed by atoms with Gasteiger partial charge in [0.2, 0.25) is 0 Å². The van der Waals surface area contributed by atoms with Gasteiger partial charge < -0.3 is 9.04 Å². The molecule has 0 fully saturated rings. The number of quaternary nitrogens is 1. The number of hydrogen-bond acceptors (Lipinski definition) is 3. The van der Waals surface area contributed by atoms with E-state index in [0.717, 1.165) is 12.1 Å². The summed E-state index contributed by atoms with van der Waals surface area (Å²) in [7, 11) is -0.0521. The molecule has 1 aliphatic carbocycles. The van der Waals surface area contributed by atoms with Gasteiger partial charge in [-0.05, 0) is 12.2 Å². The summed E-state index contributed by atoms with van der Waals surface area (Å²) >= 11 is 0. The van der Waals surface area contributed by atoms with E-state index in [1.807, 2.05) is 32.3 Å². The lowest BCUT2D eigenvalue weighted by Crippen LogP contribution is -2.42. The highest BCUT2D eigenvalue weighted by Gasteiger charge is 2.16. The van der Waals surface area contributed by atoms with Crippen LogP contribution >= 0.6 is 0 Å². The topological polar surface area (TPSA) is 57.2 Å². The molecular weight excluding hydrogens is 226 g/mol. The SMILES string of the molecule is C[N+](C)(CCCS(=O)(=O)[O-])CC1=C=CC=C1. The lowest BCUT2D eigenvalue weighted by molar-refractivity contribution is -0.885. The molecule has 5 heteroatoms. The van der Waals surface area contributed by atoms with Crippen LogP contribution in [0.2, 0.25) is 0 Å². The fraction of sp³-hybridized carbons (Fsp3) is 0.545. The monoisotopic (exact) mass is 243 g/mol. The van der Waals surface area contributed by atoms with Crippen molar-refractivity contribution in [1.29, 1.82) is 0 Å². The molecule has 0 aromatic carbocycles. The highest BCUT2D eigenvalue weighted by Crippen LogP contribution is 2.09. The van der Waals surface area contributed by atoms with Crippen LogP contribution < -0.4 is 0 Å². The zero-order valence-electron chi connectivity index (χ0n) is 9.64. The summed E-state index contributed by atoms with van der Waals surface area (Å²) in [5.41, 5.74) is 4.21. The quantitative estimate of drug-likeness (QED) is 0.391. The fourth-order valence-electron chi connectivity index (χ4n) is 1.68. The number of likely N-dealkylation sites (N-methyl/N-ethyl adjacent to an activating group) is 1. The van der Waals surface area contributed by atoms with E-state index in [1.165, 1.54) is 0 Å². The minimum atomic E-state index is -4.08. The molecule has 0 amide bonds. The van der Waals surface area contributed by atoms with Gasteiger partial charge in [0.05, 0.1) is 30.8 Å². The summed E-state index contributed by atoms with van der Waals surface area (Å²) in [5.74, 6) is -0.278.